The largest absolute Gasteiger partial charge is 0.448 e. The summed E-state index contributed by atoms with van der Waals surface area (Å²) in [5.74, 6) is -0.341. The van der Waals surface area contributed by atoms with Crippen molar-refractivity contribution in [2.45, 2.75) is 13.0 Å². The highest BCUT2D eigenvalue weighted by molar-refractivity contribution is 6.30. The Morgan fingerprint density at radius 1 is 1.19 bits per heavy atom. The smallest absolute Gasteiger partial charge is 0.297 e. The van der Waals surface area contributed by atoms with Crippen LogP contribution in [0.5, 0.6) is 0 Å². The summed E-state index contributed by atoms with van der Waals surface area (Å²) in [7, 11) is 0. The van der Waals surface area contributed by atoms with Crippen molar-refractivity contribution in [1.29, 1.82) is 0 Å². The Bertz CT molecular complexity index is 1180. The second kappa shape index (κ2) is 6.31. The van der Waals surface area contributed by atoms with E-state index in [1.165, 1.54) is 10.9 Å². The summed E-state index contributed by atoms with van der Waals surface area (Å²) in [6.45, 7) is 1.63. The van der Waals surface area contributed by atoms with Crippen LogP contribution in [-0.4, -0.2) is 15.5 Å². The van der Waals surface area contributed by atoms with E-state index in [1.54, 1.807) is 37.3 Å². The Morgan fingerprint density at radius 3 is 2.69 bits per heavy atom. The Morgan fingerprint density at radius 2 is 1.92 bits per heavy atom. The number of hydrogen-bond donors (Lipinski definition) is 1. The summed E-state index contributed by atoms with van der Waals surface area (Å²) in [6, 6.07) is 13.3. The van der Waals surface area contributed by atoms with Gasteiger partial charge in [0.05, 0.1) is 6.33 Å². The average molecular weight is 368 g/mol. The highest BCUT2D eigenvalue weighted by atomic mass is 35.5. The molecule has 0 aliphatic carbocycles. The van der Waals surface area contributed by atoms with Crippen LogP contribution in [0.2, 0.25) is 5.02 Å². The molecule has 0 spiro atoms. The SMILES string of the molecule is CC(C(=O)Nc1ccc(Cl)cc1)n1cnc2c(oc3ccccc32)c1=O. The van der Waals surface area contributed by atoms with E-state index >= 15 is 0 Å². The summed E-state index contributed by atoms with van der Waals surface area (Å²) in [5.41, 5.74) is 1.41. The highest BCUT2D eigenvalue weighted by Gasteiger charge is 2.20. The molecule has 0 radical (unpaired) electrons. The predicted octanol–water partition coefficient (Wildman–Crippen LogP) is 4.00. The Kier molecular flexibility index (Phi) is 3.97. The van der Waals surface area contributed by atoms with Crippen LogP contribution in [0, 0.1) is 0 Å². The fourth-order valence-corrected chi connectivity index (χ4v) is 2.90. The van der Waals surface area contributed by atoms with Gasteiger partial charge in [-0.05, 0) is 43.3 Å². The minimum absolute atomic E-state index is 0.139. The highest BCUT2D eigenvalue weighted by Crippen LogP contribution is 2.24. The van der Waals surface area contributed by atoms with E-state index in [0.29, 0.717) is 21.8 Å². The summed E-state index contributed by atoms with van der Waals surface area (Å²) in [5, 5.41) is 4.10. The van der Waals surface area contributed by atoms with Crippen molar-refractivity contribution in [3.63, 3.8) is 0 Å². The van der Waals surface area contributed by atoms with E-state index in [0.717, 1.165) is 5.39 Å². The van der Waals surface area contributed by atoms with E-state index in [-0.39, 0.29) is 11.5 Å². The van der Waals surface area contributed by atoms with Crippen LogP contribution in [0.4, 0.5) is 5.69 Å². The monoisotopic (exact) mass is 367 g/mol. The van der Waals surface area contributed by atoms with Crippen molar-refractivity contribution in [3.8, 4) is 0 Å². The van der Waals surface area contributed by atoms with Crippen molar-refractivity contribution in [1.82, 2.24) is 9.55 Å². The maximum absolute atomic E-state index is 12.8. The third kappa shape index (κ3) is 2.74. The molecule has 2 aromatic carbocycles. The second-order valence-electron chi connectivity index (χ2n) is 5.91. The minimum atomic E-state index is -0.761. The van der Waals surface area contributed by atoms with Gasteiger partial charge < -0.3 is 9.73 Å². The topological polar surface area (TPSA) is 77.1 Å². The normalized spacial score (nSPS) is 12.4. The molecule has 0 bridgehead atoms. The van der Waals surface area contributed by atoms with Gasteiger partial charge in [-0.15, -0.1) is 0 Å². The van der Waals surface area contributed by atoms with Gasteiger partial charge in [-0.3, -0.25) is 14.2 Å². The molecule has 0 fully saturated rings. The van der Waals surface area contributed by atoms with Crippen molar-refractivity contribution in [2.24, 2.45) is 0 Å². The van der Waals surface area contributed by atoms with Crippen molar-refractivity contribution >= 4 is 45.3 Å². The number of nitrogens with one attached hydrogen (secondary N) is 1. The number of para-hydroxylation sites is 1. The molecule has 1 N–H and O–H groups in total. The molecule has 0 saturated heterocycles. The molecule has 0 saturated carbocycles. The van der Waals surface area contributed by atoms with Gasteiger partial charge in [-0.2, -0.15) is 0 Å². The molecule has 2 aromatic heterocycles. The average Bonchev–Trinajstić information content (AvgIpc) is 3.03. The first-order valence-electron chi connectivity index (χ1n) is 7.99. The predicted molar refractivity (Wildman–Crippen MR) is 101 cm³/mol. The first kappa shape index (κ1) is 16.4. The zero-order valence-electron chi connectivity index (χ0n) is 13.8. The Hall–Kier alpha value is -3.12. The molecular weight excluding hydrogens is 354 g/mol. The molecule has 2 heterocycles. The van der Waals surface area contributed by atoms with Crippen LogP contribution in [0.25, 0.3) is 22.1 Å². The summed E-state index contributed by atoms with van der Waals surface area (Å²) >= 11 is 5.84. The second-order valence-corrected chi connectivity index (χ2v) is 6.34. The number of amides is 1. The van der Waals surface area contributed by atoms with Crippen LogP contribution < -0.4 is 10.9 Å². The van der Waals surface area contributed by atoms with E-state index in [9.17, 15) is 9.59 Å². The van der Waals surface area contributed by atoms with Crippen LogP contribution in [0.3, 0.4) is 0 Å². The molecule has 0 aliphatic rings. The Labute approximate surface area is 153 Å². The van der Waals surface area contributed by atoms with Gasteiger partial charge in [0.15, 0.2) is 0 Å². The quantitative estimate of drug-likeness (QED) is 0.593. The number of benzene rings is 2. The molecule has 6 nitrogen and oxygen atoms in total. The third-order valence-corrected chi connectivity index (χ3v) is 4.47. The Balaban J connectivity index is 1.70. The van der Waals surface area contributed by atoms with Gasteiger partial charge in [0.2, 0.25) is 11.5 Å². The van der Waals surface area contributed by atoms with Gasteiger partial charge in [-0.1, -0.05) is 23.7 Å². The molecule has 7 heteroatoms. The fourth-order valence-electron chi connectivity index (χ4n) is 2.78. The van der Waals surface area contributed by atoms with E-state index < -0.39 is 11.6 Å². The molecule has 4 aromatic rings. The number of halogens is 1. The summed E-state index contributed by atoms with van der Waals surface area (Å²) < 4.78 is 6.90. The first-order valence-corrected chi connectivity index (χ1v) is 8.37. The maximum Gasteiger partial charge on any atom is 0.297 e. The number of carbonyl (C=O) groups is 1. The zero-order chi connectivity index (χ0) is 18.3. The molecule has 4 rings (SSSR count). The van der Waals surface area contributed by atoms with E-state index in [2.05, 4.69) is 10.3 Å². The number of aromatic nitrogens is 2. The summed E-state index contributed by atoms with van der Waals surface area (Å²) in [4.78, 5) is 29.6. The third-order valence-electron chi connectivity index (χ3n) is 4.22. The van der Waals surface area contributed by atoms with Gasteiger partial charge in [0, 0.05) is 16.1 Å². The van der Waals surface area contributed by atoms with Crippen LogP contribution in [0.1, 0.15) is 13.0 Å². The van der Waals surface area contributed by atoms with Crippen molar-refractivity contribution < 1.29 is 9.21 Å². The standard InChI is InChI=1S/C19H14ClN3O3/c1-11(18(24)22-13-8-6-12(20)7-9-13)23-10-21-16-14-4-2-3-5-15(14)26-17(16)19(23)25/h2-11H,1H3,(H,22,24). The molecule has 1 unspecified atom stereocenters. The van der Waals surface area contributed by atoms with Crippen LogP contribution >= 0.6 is 11.6 Å². The molecule has 0 aliphatic heterocycles. The van der Waals surface area contributed by atoms with Gasteiger partial charge in [0.25, 0.3) is 5.56 Å². The van der Waals surface area contributed by atoms with E-state index in [4.69, 9.17) is 16.0 Å². The molecule has 26 heavy (non-hydrogen) atoms. The number of hydrogen-bond acceptors (Lipinski definition) is 4. The van der Waals surface area contributed by atoms with Crippen molar-refractivity contribution in [3.05, 3.63) is 70.2 Å². The maximum atomic E-state index is 12.8. The molecular formula is C19H14ClN3O3. The van der Waals surface area contributed by atoms with Gasteiger partial charge >= 0.3 is 0 Å². The van der Waals surface area contributed by atoms with Gasteiger partial charge in [0.1, 0.15) is 17.1 Å². The number of nitrogens with zero attached hydrogens (tertiary/aromatic N) is 2. The number of rotatable bonds is 3. The molecule has 130 valence electrons. The van der Waals surface area contributed by atoms with Crippen LogP contribution in [-0.2, 0) is 4.79 Å². The number of fused-ring (bicyclic) bond motifs is 3. The number of furan rings is 1. The number of carbonyl (C=O) groups excluding carboxylic acids is 1. The lowest BCUT2D eigenvalue weighted by Gasteiger charge is -2.14. The molecule has 1 amide bonds. The molecule has 1 atom stereocenters. The number of anilines is 1. The van der Waals surface area contributed by atoms with Crippen LogP contribution in [0.15, 0.2) is 64.1 Å². The minimum Gasteiger partial charge on any atom is -0.448 e. The lowest BCUT2D eigenvalue weighted by molar-refractivity contribution is -0.118. The fraction of sp³-hybridized carbons (Fsp3) is 0.105. The lowest BCUT2D eigenvalue weighted by Crippen LogP contribution is -2.31. The van der Waals surface area contributed by atoms with Crippen molar-refractivity contribution in [2.75, 3.05) is 5.32 Å². The summed E-state index contributed by atoms with van der Waals surface area (Å²) in [6.07, 6.45) is 1.37. The van der Waals surface area contributed by atoms with Gasteiger partial charge in [-0.25, -0.2) is 4.98 Å². The van der Waals surface area contributed by atoms with E-state index in [1.807, 2.05) is 18.2 Å². The lowest BCUT2D eigenvalue weighted by atomic mass is 10.2. The first-order chi connectivity index (χ1) is 12.5. The zero-order valence-corrected chi connectivity index (χ0v) is 14.5.